The van der Waals surface area contributed by atoms with E-state index in [-0.39, 0.29) is 36.8 Å². The Morgan fingerprint density at radius 3 is 1.87 bits per heavy atom. The van der Waals surface area contributed by atoms with Crippen molar-refractivity contribution in [2.75, 3.05) is 26.2 Å². The van der Waals surface area contributed by atoms with Crippen LogP contribution in [0.4, 0.5) is 13.2 Å². The smallest absolute Gasteiger partial charge is 0.406 e. The molecule has 1 saturated heterocycles. The molecule has 0 aliphatic carbocycles. The minimum absolute atomic E-state index is 0.0103. The zero-order chi connectivity index (χ0) is 22.0. The van der Waals surface area contributed by atoms with Crippen LogP contribution in [0, 0.1) is 0 Å². The summed E-state index contributed by atoms with van der Waals surface area (Å²) < 4.78 is 93.4. The van der Waals surface area contributed by atoms with Crippen LogP contribution in [0.1, 0.15) is 5.56 Å². The van der Waals surface area contributed by atoms with Crippen LogP contribution < -0.4 is 4.74 Å². The van der Waals surface area contributed by atoms with Crippen LogP contribution in [-0.2, 0) is 25.8 Å². The van der Waals surface area contributed by atoms with Gasteiger partial charge in [0.15, 0.2) is 0 Å². The number of ether oxygens (including phenoxy) is 1. The first-order valence-corrected chi connectivity index (χ1v) is 11.9. The highest BCUT2D eigenvalue weighted by atomic mass is 32.2. The normalized spacial score (nSPS) is 17.0. The number of piperazine rings is 1. The van der Waals surface area contributed by atoms with Gasteiger partial charge in [0.05, 0.1) is 10.6 Å². The van der Waals surface area contributed by atoms with Gasteiger partial charge in [-0.15, -0.1) is 13.2 Å². The van der Waals surface area contributed by atoms with Crippen molar-refractivity contribution < 1.29 is 34.7 Å². The molecule has 1 aliphatic heterocycles. The van der Waals surface area contributed by atoms with Crippen molar-refractivity contribution in [2.24, 2.45) is 0 Å². The lowest BCUT2D eigenvalue weighted by molar-refractivity contribution is -0.274. The van der Waals surface area contributed by atoms with E-state index in [9.17, 15) is 30.0 Å². The van der Waals surface area contributed by atoms with Gasteiger partial charge in [0.1, 0.15) is 5.75 Å². The van der Waals surface area contributed by atoms with Crippen molar-refractivity contribution >= 4 is 20.0 Å². The number of nitrogens with zero attached hydrogens (tertiary/aromatic N) is 2. The summed E-state index contributed by atoms with van der Waals surface area (Å²) in [5, 5.41) is 0. The van der Waals surface area contributed by atoms with Crippen molar-refractivity contribution in [1.82, 2.24) is 8.61 Å². The maximum Gasteiger partial charge on any atom is 0.573 e. The minimum Gasteiger partial charge on any atom is -0.406 e. The molecule has 1 fully saturated rings. The Balaban J connectivity index is 1.65. The van der Waals surface area contributed by atoms with Crippen LogP contribution in [-0.4, -0.2) is 58.0 Å². The summed E-state index contributed by atoms with van der Waals surface area (Å²) in [7, 11) is -7.58. The van der Waals surface area contributed by atoms with Crippen LogP contribution in [0.25, 0.3) is 0 Å². The summed E-state index contributed by atoms with van der Waals surface area (Å²) in [6.45, 7) is -0.137. The van der Waals surface area contributed by atoms with E-state index < -0.39 is 32.2 Å². The van der Waals surface area contributed by atoms with E-state index in [0.717, 1.165) is 28.6 Å². The van der Waals surface area contributed by atoms with E-state index in [0.29, 0.717) is 5.56 Å². The first kappa shape index (κ1) is 22.5. The Bertz CT molecular complexity index is 1070. The van der Waals surface area contributed by atoms with Gasteiger partial charge in [-0.05, 0) is 29.8 Å². The lowest BCUT2D eigenvalue weighted by atomic mass is 10.2. The fourth-order valence-corrected chi connectivity index (χ4v) is 5.96. The fraction of sp³-hybridized carbons (Fsp3) is 0.333. The lowest BCUT2D eigenvalue weighted by Gasteiger charge is -2.33. The largest absolute Gasteiger partial charge is 0.573 e. The number of hydrogen-bond acceptors (Lipinski definition) is 5. The third-order valence-electron chi connectivity index (χ3n) is 4.48. The van der Waals surface area contributed by atoms with Crippen LogP contribution in [0.2, 0.25) is 0 Å². The van der Waals surface area contributed by atoms with Gasteiger partial charge in [-0.2, -0.15) is 8.61 Å². The van der Waals surface area contributed by atoms with E-state index in [1.165, 1.54) is 4.31 Å². The monoisotopic (exact) mass is 464 g/mol. The first-order valence-electron chi connectivity index (χ1n) is 8.85. The van der Waals surface area contributed by atoms with Gasteiger partial charge in [0.2, 0.25) is 20.0 Å². The molecule has 0 radical (unpaired) electrons. The molecule has 0 unspecified atom stereocenters. The maximum atomic E-state index is 12.7. The van der Waals surface area contributed by atoms with Gasteiger partial charge in [0.25, 0.3) is 0 Å². The highest BCUT2D eigenvalue weighted by molar-refractivity contribution is 7.89. The molecule has 3 rings (SSSR count). The second kappa shape index (κ2) is 8.53. The zero-order valence-corrected chi connectivity index (χ0v) is 17.3. The number of halogens is 3. The van der Waals surface area contributed by atoms with E-state index in [4.69, 9.17) is 0 Å². The summed E-state index contributed by atoms with van der Waals surface area (Å²) in [6.07, 6.45) is -4.87. The molecule has 0 spiro atoms. The Morgan fingerprint density at radius 2 is 1.33 bits per heavy atom. The summed E-state index contributed by atoms with van der Waals surface area (Å²) in [5.41, 5.74) is 0.633. The maximum absolute atomic E-state index is 12.7. The van der Waals surface area contributed by atoms with Gasteiger partial charge in [-0.25, -0.2) is 16.8 Å². The SMILES string of the molecule is O=S(=O)(Cc1ccccc1)N1CCN(S(=O)(=O)c2ccc(OC(F)(F)F)cc2)CC1. The Hall–Kier alpha value is -2.15. The second-order valence-electron chi connectivity index (χ2n) is 6.56. The number of sulfonamides is 2. The van der Waals surface area contributed by atoms with Crippen LogP contribution in [0.5, 0.6) is 5.75 Å². The number of alkyl halides is 3. The third-order valence-corrected chi connectivity index (χ3v) is 8.24. The lowest BCUT2D eigenvalue weighted by Crippen LogP contribution is -2.50. The molecule has 164 valence electrons. The van der Waals surface area contributed by atoms with Gasteiger partial charge in [-0.1, -0.05) is 30.3 Å². The van der Waals surface area contributed by atoms with Gasteiger partial charge in [0, 0.05) is 26.2 Å². The zero-order valence-electron chi connectivity index (χ0n) is 15.6. The minimum atomic E-state index is -4.87. The first-order chi connectivity index (χ1) is 14.0. The summed E-state index contributed by atoms with van der Waals surface area (Å²) in [5.74, 6) is -0.709. The van der Waals surface area contributed by atoms with Crippen molar-refractivity contribution in [3.63, 3.8) is 0 Å². The average Bonchev–Trinajstić information content (AvgIpc) is 2.68. The molecule has 0 aromatic heterocycles. The van der Waals surface area contributed by atoms with E-state index in [2.05, 4.69) is 4.74 Å². The van der Waals surface area contributed by atoms with Crippen molar-refractivity contribution in [3.8, 4) is 5.75 Å². The number of benzene rings is 2. The molecule has 0 atom stereocenters. The van der Waals surface area contributed by atoms with E-state index >= 15 is 0 Å². The molecule has 0 saturated carbocycles. The molecular formula is C18H19F3N2O5S2. The predicted molar refractivity (Wildman–Crippen MR) is 103 cm³/mol. The Morgan fingerprint density at radius 1 is 0.800 bits per heavy atom. The Labute approximate surface area is 172 Å². The Kier molecular flexibility index (Phi) is 6.41. The van der Waals surface area contributed by atoms with Gasteiger partial charge < -0.3 is 4.74 Å². The standard InChI is InChI=1S/C18H19F3N2O5S2/c19-18(20,21)28-16-6-8-17(9-7-16)30(26,27)23-12-10-22(11-13-23)29(24,25)14-15-4-2-1-3-5-15/h1-9H,10-14H2. The topological polar surface area (TPSA) is 84.0 Å². The third kappa shape index (κ3) is 5.50. The van der Waals surface area contributed by atoms with E-state index in [1.807, 2.05) is 0 Å². The summed E-state index contributed by atoms with van der Waals surface area (Å²) in [4.78, 5) is -0.197. The average molecular weight is 464 g/mol. The highest BCUT2D eigenvalue weighted by Gasteiger charge is 2.34. The molecule has 0 amide bonds. The fourth-order valence-electron chi connectivity index (χ4n) is 3.03. The molecule has 1 aliphatic rings. The molecule has 1 heterocycles. The molecule has 7 nitrogen and oxygen atoms in total. The van der Waals surface area contributed by atoms with Crippen LogP contribution in [0.15, 0.2) is 59.5 Å². The molecule has 12 heteroatoms. The molecule has 0 N–H and O–H groups in total. The number of hydrogen-bond donors (Lipinski definition) is 0. The van der Waals surface area contributed by atoms with Crippen molar-refractivity contribution in [2.45, 2.75) is 17.0 Å². The molecule has 2 aromatic carbocycles. The molecule has 0 bridgehead atoms. The van der Waals surface area contributed by atoms with Gasteiger partial charge in [-0.3, -0.25) is 0 Å². The van der Waals surface area contributed by atoms with Crippen molar-refractivity contribution in [3.05, 3.63) is 60.2 Å². The second-order valence-corrected chi connectivity index (χ2v) is 10.5. The predicted octanol–water partition coefficient (Wildman–Crippen LogP) is 2.42. The number of rotatable bonds is 6. The van der Waals surface area contributed by atoms with E-state index in [1.54, 1.807) is 30.3 Å². The van der Waals surface area contributed by atoms with Crippen molar-refractivity contribution in [1.29, 1.82) is 0 Å². The molecule has 2 aromatic rings. The summed E-state index contributed by atoms with van der Waals surface area (Å²) >= 11 is 0. The van der Waals surface area contributed by atoms with Gasteiger partial charge >= 0.3 is 6.36 Å². The summed E-state index contributed by atoms with van der Waals surface area (Å²) in [6, 6.07) is 12.5. The van der Waals surface area contributed by atoms with Crippen LogP contribution in [0.3, 0.4) is 0 Å². The molecule has 30 heavy (non-hydrogen) atoms. The molecular weight excluding hydrogens is 445 g/mol. The highest BCUT2D eigenvalue weighted by Crippen LogP contribution is 2.26. The quantitative estimate of drug-likeness (QED) is 0.656. The van der Waals surface area contributed by atoms with Crippen LogP contribution >= 0.6 is 0 Å².